The molecule has 1 atom stereocenters. The number of amides is 1. The highest BCUT2D eigenvalue weighted by atomic mass is 32.2. The molecule has 0 bridgehead atoms. The predicted octanol–water partition coefficient (Wildman–Crippen LogP) is 1.30. The average molecular weight is 348 g/mol. The summed E-state index contributed by atoms with van der Waals surface area (Å²) >= 11 is 0. The Balaban J connectivity index is 1.71. The number of rotatable bonds is 4. The summed E-state index contributed by atoms with van der Waals surface area (Å²) in [6, 6.07) is 5.29. The van der Waals surface area contributed by atoms with Crippen molar-refractivity contribution in [2.24, 2.45) is 5.92 Å². The molecule has 0 aliphatic carbocycles. The van der Waals surface area contributed by atoms with Crippen molar-refractivity contribution < 1.29 is 13.2 Å². The monoisotopic (exact) mass is 348 g/mol. The summed E-state index contributed by atoms with van der Waals surface area (Å²) in [7, 11) is -3.30. The van der Waals surface area contributed by atoms with E-state index in [0.29, 0.717) is 30.9 Å². The molecule has 1 fully saturated rings. The molecule has 7 nitrogen and oxygen atoms in total. The predicted molar refractivity (Wildman–Crippen MR) is 88.3 cm³/mol. The van der Waals surface area contributed by atoms with Crippen molar-refractivity contribution in [2.75, 3.05) is 19.3 Å². The van der Waals surface area contributed by atoms with E-state index >= 15 is 0 Å². The molecular formula is C16H20N4O3S. The van der Waals surface area contributed by atoms with E-state index in [1.807, 2.05) is 0 Å². The highest BCUT2D eigenvalue weighted by Crippen LogP contribution is 2.24. The van der Waals surface area contributed by atoms with Crippen molar-refractivity contribution in [1.29, 1.82) is 0 Å². The van der Waals surface area contributed by atoms with Gasteiger partial charge in [0.15, 0.2) is 9.84 Å². The number of pyridine rings is 1. The molecule has 128 valence electrons. The fourth-order valence-electron chi connectivity index (χ4n) is 3.12. The lowest BCUT2D eigenvalue weighted by molar-refractivity contribution is 0.0666. The van der Waals surface area contributed by atoms with Gasteiger partial charge in [0, 0.05) is 25.5 Å². The Labute approximate surface area is 141 Å². The molecule has 1 aliphatic heterocycles. The molecule has 0 unspecified atom stereocenters. The van der Waals surface area contributed by atoms with Gasteiger partial charge in [-0.05, 0) is 37.3 Å². The van der Waals surface area contributed by atoms with Crippen LogP contribution in [0.5, 0.6) is 0 Å². The summed E-state index contributed by atoms with van der Waals surface area (Å²) < 4.78 is 23.6. The molecule has 0 radical (unpaired) electrons. The van der Waals surface area contributed by atoms with Crippen molar-refractivity contribution in [3.05, 3.63) is 42.0 Å². The molecule has 0 spiro atoms. The van der Waals surface area contributed by atoms with Crippen LogP contribution in [0.2, 0.25) is 0 Å². The number of hydrogen-bond donors (Lipinski definition) is 1. The Bertz CT molecular complexity index is 817. The Morgan fingerprint density at radius 2 is 2.25 bits per heavy atom. The van der Waals surface area contributed by atoms with E-state index in [1.54, 1.807) is 29.3 Å². The summed E-state index contributed by atoms with van der Waals surface area (Å²) in [6.07, 6.45) is 6.55. The second-order valence-corrected chi connectivity index (χ2v) is 8.15. The lowest BCUT2D eigenvalue weighted by Crippen LogP contribution is -2.41. The minimum Gasteiger partial charge on any atom is -0.337 e. The molecule has 1 saturated heterocycles. The molecule has 0 aromatic carbocycles. The summed E-state index contributed by atoms with van der Waals surface area (Å²) in [5, 5.41) is 6.65. The smallest absolute Gasteiger partial charge is 0.272 e. The number of piperidine rings is 1. The van der Waals surface area contributed by atoms with E-state index in [1.165, 1.54) is 12.5 Å². The first-order valence-electron chi connectivity index (χ1n) is 7.88. The fourth-order valence-corrected chi connectivity index (χ4v) is 3.94. The number of aromatic nitrogens is 3. The number of sulfone groups is 1. The van der Waals surface area contributed by atoms with Crippen LogP contribution in [0.25, 0.3) is 0 Å². The third-order valence-corrected chi connectivity index (χ3v) is 5.41. The summed E-state index contributed by atoms with van der Waals surface area (Å²) in [6.45, 7) is 1.30. The number of H-pyrrole nitrogens is 1. The quantitative estimate of drug-likeness (QED) is 0.898. The molecule has 3 rings (SSSR count). The van der Waals surface area contributed by atoms with Crippen LogP contribution < -0.4 is 0 Å². The van der Waals surface area contributed by atoms with Gasteiger partial charge in [0.25, 0.3) is 5.91 Å². The molecule has 3 heterocycles. The third-order valence-electron chi connectivity index (χ3n) is 4.26. The van der Waals surface area contributed by atoms with Gasteiger partial charge in [-0.1, -0.05) is 6.07 Å². The number of nitrogens with one attached hydrogen (secondary N) is 1. The lowest BCUT2D eigenvalue weighted by Gasteiger charge is -2.32. The van der Waals surface area contributed by atoms with Crippen LogP contribution >= 0.6 is 0 Å². The second kappa shape index (κ2) is 6.72. The summed E-state index contributed by atoms with van der Waals surface area (Å²) in [5.74, 6) is 0.126. The van der Waals surface area contributed by atoms with Gasteiger partial charge in [-0.3, -0.25) is 14.9 Å². The van der Waals surface area contributed by atoms with Crippen LogP contribution in [0.1, 0.15) is 29.0 Å². The number of hydrogen-bond acceptors (Lipinski definition) is 5. The number of carbonyl (C=O) groups is 1. The van der Waals surface area contributed by atoms with Crippen LogP contribution in [0.4, 0.5) is 0 Å². The van der Waals surface area contributed by atoms with E-state index in [0.717, 1.165) is 12.8 Å². The van der Waals surface area contributed by atoms with Crippen LogP contribution in [-0.2, 0) is 16.3 Å². The number of nitrogens with zero attached hydrogens (tertiary/aromatic N) is 3. The highest BCUT2D eigenvalue weighted by molar-refractivity contribution is 7.90. The van der Waals surface area contributed by atoms with Crippen molar-refractivity contribution in [2.45, 2.75) is 24.2 Å². The van der Waals surface area contributed by atoms with E-state index in [9.17, 15) is 13.2 Å². The van der Waals surface area contributed by atoms with E-state index in [-0.39, 0.29) is 16.7 Å². The molecule has 0 saturated carbocycles. The van der Waals surface area contributed by atoms with Gasteiger partial charge in [-0.2, -0.15) is 5.10 Å². The molecule has 1 N–H and O–H groups in total. The summed E-state index contributed by atoms with van der Waals surface area (Å²) in [5.41, 5.74) is 1.06. The first-order chi connectivity index (χ1) is 11.4. The zero-order valence-electron chi connectivity index (χ0n) is 13.5. The number of aromatic amines is 1. The van der Waals surface area contributed by atoms with Crippen molar-refractivity contribution in [3.63, 3.8) is 0 Å². The van der Waals surface area contributed by atoms with Gasteiger partial charge < -0.3 is 4.90 Å². The minimum absolute atomic E-state index is 0.0757. The first-order valence-corrected chi connectivity index (χ1v) is 9.77. The molecule has 1 amide bonds. The summed E-state index contributed by atoms with van der Waals surface area (Å²) in [4.78, 5) is 18.7. The maximum Gasteiger partial charge on any atom is 0.272 e. The minimum atomic E-state index is -3.30. The SMILES string of the molecule is CS(=O)(=O)c1cn[nH]c1C[C@H]1CCCN(C(=O)c2ccccn2)C1. The molecule has 8 heteroatoms. The largest absolute Gasteiger partial charge is 0.337 e. The highest BCUT2D eigenvalue weighted by Gasteiger charge is 2.27. The Hall–Kier alpha value is -2.22. The molecular weight excluding hydrogens is 328 g/mol. The standard InChI is InChI=1S/C16H20N4O3S/c1-24(22,23)15-10-18-19-14(15)9-12-5-4-8-20(11-12)16(21)13-6-2-3-7-17-13/h2-3,6-7,10,12H,4-5,8-9,11H2,1H3,(H,18,19)/t12-/m1/s1. The maximum absolute atomic E-state index is 12.5. The first kappa shape index (κ1) is 16.6. The van der Waals surface area contributed by atoms with Crippen LogP contribution in [0, 0.1) is 5.92 Å². The van der Waals surface area contributed by atoms with Gasteiger partial charge >= 0.3 is 0 Å². The molecule has 1 aliphatic rings. The Morgan fingerprint density at radius 1 is 1.42 bits per heavy atom. The fraction of sp³-hybridized carbons (Fsp3) is 0.438. The molecule has 24 heavy (non-hydrogen) atoms. The normalized spacial score (nSPS) is 18.5. The Morgan fingerprint density at radius 3 is 2.96 bits per heavy atom. The van der Waals surface area contributed by atoms with Crippen LogP contribution in [0.3, 0.4) is 0 Å². The van der Waals surface area contributed by atoms with Crippen molar-refractivity contribution >= 4 is 15.7 Å². The molecule has 2 aromatic rings. The van der Waals surface area contributed by atoms with Crippen molar-refractivity contribution in [1.82, 2.24) is 20.1 Å². The van der Waals surface area contributed by atoms with Crippen molar-refractivity contribution in [3.8, 4) is 0 Å². The van der Waals surface area contributed by atoms with Gasteiger partial charge in [-0.15, -0.1) is 0 Å². The second-order valence-electron chi connectivity index (χ2n) is 6.16. The number of carbonyl (C=O) groups excluding carboxylic acids is 1. The average Bonchev–Trinajstić information content (AvgIpc) is 3.04. The van der Waals surface area contributed by atoms with E-state index in [4.69, 9.17) is 0 Å². The zero-order valence-corrected chi connectivity index (χ0v) is 14.3. The molecule has 2 aromatic heterocycles. The maximum atomic E-state index is 12.5. The van der Waals surface area contributed by atoms with Crippen LogP contribution in [0.15, 0.2) is 35.5 Å². The number of likely N-dealkylation sites (tertiary alicyclic amines) is 1. The lowest BCUT2D eigenvalue weighted by atomic mass is 9.93. The topological polar surface area (TPSA) is 96.0 Å². The zero-order chi connectivity index (χ0) is 17.2. The van der Waals surface area contributed by atoms with Gasteiger partial charge in [0.2, 0.25) is 0 Å². The van der Waals surface area contributed by atoms with Gasteiger partial charge in [-0.25, -0.2) is 8.42 Å². The Kier molecular flexibility index (Phi) is 4.66. The van der Waals surface area contributed by atoms with Crippen LogP contribution in [-0.4, -0.2) is 53.8 Å². The van der Waals surface area contributed by atoms with E-state index in [2.05, 4.69) is 15.2 Å². The van der Waals surface area contributed by atoms with Gasteiger partial charge in [0.05, 0.1) is 11.9 Å². The third kappa shape index (κ3) is 3.64. The van der Waals surface area contributed by atoms with E-state index < -0.39 is 9.84 Å². The van der Waals surface area contributed by atoms with Gasteiger partial charge in [0.1, 0.15) is 10.6 Å².